The molecule has 3 N–H and O–H groups in total. The molecule has 0 radical (unpaired) electrons. The van der Waals surface area contributed by atoms with Gasteiger partial charge in [0.2, 0.25) is 0 Å². The number of fused-ring (bicyclic) bond motifs is 1. The van der Waals surface area contributed by atoms with Gasteiger partial charge in [-0.3, -0.25) is 4.79 Å². The lowest BCUT2D eigenvalue weighted by Gasteiger charge is -2.20. The van der Waals surface area contributed by atoms with E-state index in [1.165, 1.54) is 11.6 Å². The van der Waals surface area contributed by atoms with Crippen LogP contribution in [0.2, 0.25) is 0 Å². The zero-order valence-electron chi connectivity index (χ0n) is 13.4. The van der Waals surface area contributed by atoms with Gasteiger partial charge in [0, 0.05) is 6.04 Å². The van der Waals surface area contributed by atoms with Crippen molar-refractivity contribution in [2.45, 2.75) is 25.3 Å². The summed E-state index contributed by atoms with van der Waals surface area (Å²) in [6.45, 7) is 0.553. The second-order valence-corrected chi connectivity index (χ2v) is 6.04. The number of nitrogens with one attached hydrogen (secondary N) is 1. The number of benzene rings is 2. The summed E-state index contributed by atoms with van der Waals surface area (Å²) in [4.78, 5) is 10.9. The van der Waals surface area contributed by atoms with Gasteiger partial charge in [-0.1, -0.05) is 30.3 Å². The first kappa shape index (κ1) is 16.5. The van der Waals surface area contributed by atoms with Crippen LogP contribution in [-0.2, 0) is 17.6 Å². The maximum atomic E-state index is 14.2. The Kier molecular flexibility index (Phi) is 5.11. The molecule has 2 aromatic carbocycles. The van der Waals surface area contributed by atoms with Gasteiger partial charge >= 0.3 is 0 Å². The molecule has 126 valence electrons. The largest absolute Gasteiger partial charge is 0.481 e. The minimum atomic E-state index is -0.622. The standard InChI is InChI=1S/C19H21FN2O2/c20-16-10-14-7-4-8-22-17(9-13-5-2-1-3-6-13)15(14)11-18(16)24-12-19(21)23/h1-3,5-6,10-11,17,22H,4,7-9,12H2,(H2,21,23). The number of carbonyl (C=O) groups excluding carboxylic acids is 1. The van der Waals surface area contributed by atoms with Gasteiger partial charge in [0.1, 0.15) is 0 Å². The predicted molar refractivity (Wildman–Crippen MR) is 90.3 cm³/mol. The molecule has 0 aromatic heterocycles. The van der Waals surface area contributed by atoms with E-state index < -0.39 is 11.7 Å². The van der Waals surface area contributed by atoms with E-state index in [0.717, 1.165) is 36.9 Å². The van der Waals surface area contributed by atoms with Gasteiger partial charge in [-0.2, -0.15) is 0 Å². The first-order chi connectivity index (χ1) is 11.6. The molecule has 1 aliphatic rings. The van der Waals surface area contributed by atoms with Gasteiger partial charge in [0.25, 0.3) is 5.91 Å². The van der Waals surface area contributed by atoms with Crippen LogP contribution in [0, 0.1) is 5.82 Å². The summed E-state index contributed by atoms with van der Waals surface area (Å²) >= 11 is 0. The van der Waals surface area contributed by atoms with Crippen LogP contribution in [0.25, 0.3) is 0 Å². The number of hydrogen-bond donors (Lipinski definition) is 2. The maximum Gasteiger partial charge on any atom is 0.255 e. The van der Waals surface area contributed by atoms with Crippen LogP contribution in [0.5, 0.6) is 5.75 Å². The molecule has 0 bridgehead atoms. The molecular formula is C19H21FN2O2. The number of ether oxygens (including phenoxy) is 1. The molecule has 1 unspecified atom stereocenters. The van der Waals surface area contributed by atoms with E-state index in [0.29, 0.717) is 0 Å². The van der Waals surface area contributed by atoms with E-state index in [1.54, 1.807) is 6.07 Å². The van der Waals surface area contributed by atoms with Crippen LogP contribution in [0.4, 0.5) is 4.39 Å². The number of halogens is 1. The molecular weight excluding hydrogens is 307 g/mol. The first-order valence-corrected chi connectivity index (χ1v) is 8.14. The molecule has 1 amide bonds. The molecule has 1 aliphatic heterocycles. The number of amides is 1. The summed E-state index contributed by atoms with van der Waals surface area (Å²) in [6.07, 6.45) is 2.59. The van der Waals surface area contributed by atoms with Crippen LogP contribution >= 0.6 is 0 Å². The topological polar surface area (TPSA) is 64.4 Å². The minimum Gasteiger partial charge on any atom is -0.481 e. The monoisotopic (exact) mass is 328 g/mol. The fourth-order valence-corrected chi connectivity index (χ4v) is 3.11. The van der Waals surface area contributed by atoms with Crippen LogP contribution in [0.1, 0.15) is 29.2 Å². The Balaban J connectivity index is 1.90. The van der Waals surface area contributed by atoms with E-state index >= 15 is 0 Å². The van der Waals surface area contributed by atoms with Gasteiger partial charge in [0.05, 0.1) is 0 Å². The molecule has 1 atom stereocenters. The smallest absolute Gasteiger partial charge is 0.255 e. The molecule has 24 heavy (non-hydrogen) atoms. The summed E-state index contributed by atoms with van der Waals surface area (Å²) in [6, 6.07) is 13.5. The van der Waals surface area contributed by atoms with Gasteiger partial charge in [-0.15, -0.1) is 0 Å². The normalized spacial score (nSPS) is 17.0. The molecule has 3 rings (SSSR count). The first-order valence-electron chi connectivity index (χ1n) is 8.14. The Morgan fingerprint density at radius 3 is 2.83 bits per heavy atom. The fourth-order valence-electron chi connectivity index (χ4n) is 3.11. The quantitative estimate of drug-likeness (QED) is 0.886. The van der Waals surface area contributed by atoms with E-state index in [4.69, 9.17) is 10.5 Å². The highest BCUT2D eigenvalue weighted by molar-refractivity contribution is 5.75. The van der Waals surface area contributed by atoms with Crippen molar-refractivity contribution in [1.29, 1.82) is 0 Å². The lowest BCUT2D eigenvalue weighted by molar-refractivity contribution is -0.120. The molecule has 0 aliphatic carbocycles. The van der Waals surface area contributed by atoms with E-state index in [1.807, 2.05) is 18.2 Å². The second-order valence-electron chi connectivity index (χ2n) is 6.04. The van der Waals surface area contributed by atoms with Crippen LogP contribution in [0.15, 0.2) is 42.5 Å². The zero-order valence-corrected chi connectivity index (χ0v) is 13.4. The van der Waals surface area contributed by atoms with Gasteiger partial charge in [0.15, 0.2) is 18.2 Å². The molecule has 5 heteroatoms. The average Bonchev–Trinajstić information content (AvgIpc) is 2.76. The van der Waals surface area contributed by atoms with Crippen molar-refractivity contribution in [2.75, 3.05) is 13.2 Å². The fraction of sp³-hybridized carbons (Fsp3) is 0.316. The van der Waals surface area contributed by atoms with Crippen molar-refractivity contribution < 1.29 is 13.9 Å². The summed E-state index contributed by atoms with van der Waals surface area (Å²) in [5.74, 6) is -0.993. The van der Waals surface area contributed by atoms with Crippen molar-refractivity contribution in [1.82, 2.24) is 5.32 Å². The lowest BCUT2D eigenvalue weighted by atomic mass is 9.94. The Hall–Kier alpha value is -2.40. The number of hydrogen-bond acceptors (Lipinski definition) is 3. The zero-order chi connectivity index (χ0) is 16.9. The number of aryl methyl sites for hydroxylation is 1. The Labute approximate surface area is 140 Å². The Bertz CT molecular complexity index is 719. The third-order valence-corrected chi connectivity index (χ3v) is 4.24. The molecule has 0 spiro atoms. The van der Waals surface area contributed by atoms with Crippen molar-refractivity contribution in [3.8, 4) is 5.75 Å². The summed E-state index contributed by atoms with van der Waals surface area (Å²) in [5, 5.41) is 3.53. The van der Waals surface area contributed by atoms with E-state index in [2.05, 4.69) is 17.4 Å². The molecule has 0 saturated heterocycles. The molecule has 0 fully saturated rings. The number of carbonyl (C=O) groups is 1. The highest BCUT2D eigenvalue weighted by Gasteiger charge is 2.21. The number of primary amides is 1. The molecule has 0 saturated carbocycles. The highest BCUT2D eigenvalue weighted by atomic mass is 19.1. The predicted octanol–water partition coefficient (Wildman–Crippen LogP) is 2.51. The Morgan fingerprint density at radius 1 is 1.29 bits per heavy atom. The summed E-state index contributed by atoms with van der Waals surface area (Å²) < 4.78 is 19.4. The minimum absolute atomic E-state index is 0.0781. The third-order valence-electron chi connectivity index (χ3n) is 4.24. The second kappa shape index (κ2) is 7.45. The SMILES string of the molecule is NC(=O)COc1cc2c(cc1F)CCCNC2Cc1ccccc1. The van der Waals surface area contributed by atoms with Crippen molar-refractivity contribution in [3.05, 3.63) is 65.0 Å². The maximum absolute atomic E-state index is 14.2. The summed E-state index contributed by atoms with van der Waals surface area (Å²) in [7, 11) is 0. The van der Waals surface area contributed by atoms with Crippen molar-refractivity contribution >= 4 is 5.91 Å². The molecule has 2 aromatic rings. The van der Waals surface area contributed by atoms with Crippen molar-refractivity contribution in [2.24, 2.45) is 5.73 Å². The van der Waals surface area contributed by atoms with E-state index in [9.17, 15) is 9.18 Å². The number of nitrogens with two attached hydrogens (primary N) is 1. The van der Waals surface area contributed by atoms with Crippen LogP contribution in [-0.4, -0.2) is 19.1 Å². The summed E-state index contributed by atoms with van der Waals surface area (Å²) in [5.41, 5.74) is 8.31. The average molecular weight is 328 g/mol. The van der Waals surface area contributed by atoms with Gasteiger partial charge < -0.3 is 15.8 Å². The molecule has 1 heterocycles. The molecule has 4 nitrogen and oxygen atoms in total. The highest BCUT2D eigenvalue weighted by Crippen LogP contribution is 2.31. The van der Waals surface area contributed by atoms with Gasteiger partial charge in [-0.25, -0.2) is 4.39 Å². The number of rotatable bonds is 5. The third kappa shape index (κ3) is 3.92. The van der Waals surface area contributed by atoms with Crippen LogP contribution < -0.4 is 15.8 Å². The van der Waals surface area contributed by atoms with E-state index in [-0.39, 0.29) is 18.4 Å². The lowest BCUT2D eigenvalue weighted by Crippen LogP contribution is -2.23. The van der Waals surface area contributed by atoms with Crippen LogP contribution in [0.3, 0.4) is 0 Å². The van der Waals surface area contributed by atoms with Crippen molar-refractivity contribution in [3.63, 3.8) is 0 Å². The Morgan fingerprint density at radius 2 is 2.08 bits per heavy atom. The van der Waals surface area contributed by atoms with Gasteiger partial charge in [-0.05, 0) is 54.6 Å².